The van der Waals surface area contributed by atoms with Gasteiger partial charge < -0.3 is 14.9 Å². The van der Waals surface area contributed by atoms with E-state index in [-0.39, 0.29) is 16.4 Å². The average molecular weight is 350 g/mol. The molecule has 0 aliphatic carbocycles. The zero-order valence-electron chi connectivity index (χ0n) is 14.1. The van der Waals surface area contributed by atoms with E-state index in [2.05, 4.69) is 14.8 Å². The number of nitrogens with zero attached hydrogens (tertiary/aromatic N) is 4. The molecule has 0 bridgehead atoms. The van der Waals surface area contributed by atoms with Gasteiger partial charge in [-0.2, -0.15) is 0 Å². The summed E-state index contributed by atoms with van der Waals surface area (Å²) in [7, 11) is 0. The van der Waals surface area contributed by atoms with Crippen molar-refractivity contribution in [2.24, 2.45) is 0 Å². The predicted molar refractivity (Wildman–Crippen MR) is 101 cm³/mol. The highest BCUT2D eigenvalue weighted by atomic mass is 16.6. The van der Waals surface area contributed by atoms with E-state index < -0.39 is 0 Å². The van der Waals surface area contributed by atoms with Crippen molar-refractivity contribution in [1.82, 2.24) is 4.98 Å². The van der Waals surface area contributed by atoms with Gasteiger partial charge >= 0.3 is 0 Å². The first-order valence-electron chi connectivity index (χ1n) is 8.44. The second-order valence-electron chi connectivity index (χ2n) is 6.25. The van der Waals surface area contributed by atoms with Crippen LogP contribution in [0.3, 0.4) is 0 Å². The van der Waals surface area contributed by atoms with Gasteiger partial charge in [0, 0.05) is 44.1 Å². The van der Waals surface area contributed by atoms with Gasteiger partial charge in [0.15, 0.2) is 0 Å². The second-order valence-corrected chi connectivity index (χ2v) is 6.25. The molecular weight excluding hydrogens is 332 g/mol. The summed E-state index contributed by atoms with van der Waals surface area (Å²) in [6, 6.07) is 14.0. The van der Waals surface area contributed by atoms with Crippen molar-refractivity contribution in [1.29, 1.82) is 0 Å². The second kappa shape index (κ2) is 6.51. The van der Waals surface area contributed by atoms with Crippen LogP contribution in [0.2, 0.25) is 0 Å². The Bertz CT molecular complexity index is 951. The maximum absolute atomic E-state index is 11.3. The largest absolute Gasteiger partial charge is 0.508 e. The molecule has 1 aromatic heterocycles. The molecule has 132 valence electrons. The smallest absolute Gasteiger partial charge is 0.278 e. The maximum atomic E-state index is 11.3. The first kappa shape index (κ1) is 16.1. The van der Waals surface area contributed by atoms with Crippen LogP contribution in [0.5, 0.6) is 5.75 Å². The number of hydrogen-bond acceptors (Lipinski definition) is 6. The molecule has 1 aliphatic rings. The number of anilines is 2. The molecule has 7 nitrogen and oxygen atoms in total. The predicted octanol–water partition coefficient (Wildman–Crippen LogP) is 3.18. The number of aromatic hydroxyl groups is 1. The van der Waals surface area contributed by atoms with Crippen molar-refractivity contribution in [3.63, 3.8) is 0 Å². The Balaban J connectivity index is 1.59. The van der Waals surface area contributed by atoms with Crippen molar-refractivity contribution < 1.29 is 10.0 Å². The van der Waals surface area contributed by atoms with E-state index in [1.165, 1.54) is 0 Å². The number of phenols is 1. The number of aromatic nitrogens is 1. The fraction of sp³-hybridized carbons (Fsp3) is 0.211. The molecule has 1 fully saturated rings. The van der Waals surface area contributed by atoms with E-state index in [4.69, 9.17) is 0 Å². The molecule has 4 rings (SSSR count). The summed E-state index contributed by atoms with van der Waals surface area (Å²) < 4.78 is 0. The van der Waals surface area contributed by atoms with Crippen molar-refractivity contribution in [3.8, 4) is 5.75 Å². The van der Waals surface area contributed by atoms with Crippen LogP contribution in [0.25, 0.3) is 10.9 Å². The van der Waals surface area contributed by atoms with Crippen molar-refractivity contribution >= 4 is 28.0 Å². The fourth-order valence-electron chi connectivity index (χ4n) is 3.43. The summed E-state index contributed by atoms with van der Waals surface area (Å²) in [5, 5.41) is 21.3. The molecule has 1 aliphatic heterocycles. The van der Waals surface area contributed by atoms with Gasteiger partial charge in [-0.25, -0.2) is 0 Å². The molecule has 0 spiro atoms. The van der Waals surface area contributed by atoms with E-state index in [1.54, 1.807) is 42.6 Å². The lowest BCUT2D eigenvalue weighted by atomic mass is 10.1. The molecule has 26 heavy (non-hydrogen) atoms. The van der Waals surface area contributed by atoms with Crippen LogP contribution in [0.4, 0.5) is 17.1 Å². The van der Waals surface area contributed by atoms with Crippen LogP contribution in [0, 0.1) is 10.1 Å². The number of phenolic OH excluding ortho intramolecular Hbond substituents is 1. The van der Waals surface area contributed by atoms with Gasteiger partial charge in [-0.1, -0.05) is 0 Å². The molecule has 0 radical (unpaired) electrons. The Morgan fingerprint density at radius 1 is 0.962 bits per heavy atom. The van der Waals surface area contributed by atoms with E-state index >= 15 is 0 Å². The molecule has 1 N–H and O–H groups in total. The Labute approximate surface area is 150 Å². The highest BCUT2D eigenvalue weighted by molar-refractivity contribution is 5.97. The lowest BCUT2D eigenvalue weighted by Crippen LogP contribution is -2.46. The molecule has 0 amide bonds. The van der Waals surface area contributed by atoms with E-state index in [0.717, 1.165) is 37.6 Å². The third-order valence-corrected chi connectivity index (χ3v) is 4.76. The number of pyridine rings is 1. The van der Waals surface area contributed by atoms with Crippen molar-refractivity contribution in [3.05, 3.63) is 64.8 Å². The minimum atomic E-state index is -0.365. The van der Waals surface area contributed by atoms with Crippen LogP contribution in [-0.2, 0) is 0 Å². The third kappa shape index (κ3) is 2.88. The summed E-state index contributed by atoms with van der Waals surface area (Å²) in [6.45, 7) is 3.25. The minimum absolute atomic E-state index is 0.0829. The fourth-order valence-corrected chi connectivity index (χ4v) is 3.43. The summed E-state index contributed by atoms with van der Waals surface area (Å²) in [6.07, 6.45) is 1.67. The summed E-state index contributed by atoms with van der Waals surface area (Å²) >= 11 is 0. The topological polar surface area (TPSA) is 82.7 Å². The molecule has 0 atom stereocenters. The molecule has 0 saturated carbocycles. The zero-order valence-corrected chi connectivity index (χ0v) is 14.1. The van der Waals surface area contributed by atoms with Gasteiger partial charge in [-0.15, -0.1) is 0 Å². The maximum Gasteiger partial charge on any atom is 0.278 e. The highest BCUT2D eigenvalue weighted by Gasteiger charge is 2.22. The van der Waals surface area contributed by atoms with Crippen LogP contribution in [-0.4, -0.2) is 41.2 Å². The normalized spacial score (nSPS) is 14.6. The first-order chi connectivity index (χ1) is 12.6. The summed E-state index contributed by atoms with van der Waals surface area (Å²) in [5.41, 5.74) is 2.75. The molecule has 3 aromatic rings. The van der Waals surface area contributed by atoms with Gasteiger partial charge in [-0.05, 0) is 42.5 Å². The molecule has 0 unspecified atom stereocenters. The quantitative estimate of drug-likeness (QED) is 0.577. The number of non-ortho nitro benzene ring substituents is 1. The minimum Gasteiger partial charge on any atom is -0.508 e. The number of fused-ring (bicyclic) bond motifs is 1. The van der Waals surface area contributed by atoms with Crippen molar-refractivity contribution in [2.45, 2.75) is 0 Å². The number of rotatable bonds is 3. The number of nitro groups is 1. The Kier molecular flexibility index (Phi) is 4.04. The third-order valence-electron chi connectivity index (χ3n) is 4.76. The van der Waals surface area contributed by atoms with E-state index in [1.807, 2.05) is 12.1 Å². The van der Waals surface area contributed by atoms with Crippen LogP contribution < -0.4 is 9.80 Å². The van der Waals surface area contributed by atoms with Gasteiger partial charge in [0.05, 0.1) is 16.0 Å². The van der Waals surface area contributed by atoms with Gasteiger partial charge in [-0.3, -0.25) is 15.1 Å². The number of benzene rings is 2. The molecule has 1 saturated heterocycles. The Morgan fingerprint density at radius 2 is 1.65 bits per heavy atom. The van der Waals surface area contributed by atoms with Gasteiger partial charge in [0.2, 0.25) is 0 Å². The van der Waals surface area contributed by atoms with Gasteiger partial charge in [0.1, 0.15) is 11.3 Å². The summed E-state index contributed by atoms with van der Waals surface area (Å²) in [4.78, 5) is 19.8. The molecule has 2 heterocycles. The Hall–Kier alpha value is -3.35. The van der Waals surface area contributed by atoms with Crippen LogP contribution in [0.1, 0.15) is 0 Å². The van der Waals surface area contributed by atoms with Crippen LogP contribution >= 0.6 is 0 Å². The van der Waals surface area contributed by atoms with E-state index in [0.29, 0.717) is 10.9 Å². The van der Waals surface area contributed by atoms with E-state index in [9.17, 15) is 15.2 Å². The lowest BCUT2D eigenvalue weighted by Gasteiger charge is -2.37. The molecule has 7 heteroatoms. The van der Waals surface area contributed by atoms with Crippen LogP contribution in [0.15, 0.2) is 54.7 Å². The van der Waals surface area contributed by atoms with Gasteiger partial charge in [0.25, 0.3) is 5.69 Å². The molecular formula is C19H18N4O3. The standard InChI is InChI=1S/C19H18N4O3/c24-15-5-3-14(4-6-15)21-10-12-22(13-11-21)18-8-7-17(23(25)26)16-2-1-9-20-19(16)18/h1-9,24H,10-13H2. The average Bonchev–Trinajstić information content (AvgIpc) is 2.68. The number of nitro benzene ring substituents is 1. The van der Waals surface area contributed by atoms with Crippen molar-refractivity contribution in [2.75, 3.05) is 36.0 Å². The molecule has 2 aromatic carbocycles. The zero-order chi connectivity index (χ0) is 18.1. The summed E-state index contributed by atoms with van der Waals surface area (Å²) in [5.74, 6) is 0.260. The highest BCUT2D eigenvalue weighted by Crippen LogP contribution is 2.33. The number of piperazine rings is 1. The lowest BCUT2D eigenvalue weighted by molar-refractivity contribution is -0.383. The monoisotopic (exact) mass is 350 g/mol. The first-order valence-corrected chi connectivity index (χ1v) is 8.44. The SMILES string of the molecule is O=[N+]([O-])c1ccc(N2CCN(c3ccc(O)cc3)CC2)c2ncccc12. The number of hydrogen-bond donors (Lipinski definition) is 1. The Morgan fingerprint density at radius 3 is 2.35 bits per heavy atom.